The SMILES string of the molecule is NC1=Nc2ccc(Cl)c(Cl)c2CN1CC(=O)OCc1ccccc1. The summed E-state index contributed by atoms with van der Waals surface area (Å²) in [6.45, 7) is 0.558. The number of nitrogens with two attached hydrogens (primary N) is 1. The Morgan fingerprint density at radius 3 is 2.71 bits per heavy atom. The molecule has 1 aliphatic rings. The molecule has 0 aromatic heterocycles. The van der Waals surface area contributed by atoms with Gasteiger partial charge >= 0.3 is 5.97 Å². The molecule has 2 N–H and O–H groups in total. The van der Waals surface area contributed by atoms with Crippen LogP contribution in [0.25, 0.3) is 0 Å². The topological polar surface area (TPSA) is 67.9 Å². The van der Waals surface area contributed by atoms with Crippen LogP contribution >= 0.6 is 23.2 Å². The zero-order valence-electron chi connectivity index (χ0n) is 12.7. The van der Waals surface area contributed by atoms with Crippen LogP contribution in [0.1, 0.15) is 11.1 Å². The van der Waals surface area contributed by atoms with E-state index < -0.39 is 5.97 Å². The maximum atomic E-state index is 12.1. The van der Waals surface area contributed by atoms with Crippen molar-refractivity contribution in [1.82, 2.24) is 4.90 Å². The number of carbonyl (C=O) groups is 1. The van der Waals surface area contributed by atoms with E-state index in [1.54, 1.807) is 17.0 Å². The summed E-state index contributed by atoms with van der Waals surface area (Å²) in [6.07, 6.45) is 0. The molecule has 7 heteroatoms. The lowest BCUT2D eigenvalue weighted by atomic mass is 10.1. The number of halogens is 2. The number of ether oxygens (including phenoxy) is 1. The molecule has 1 aliphatic heterocycles. The molecule has 1 heterocycles. The maximum absolute atomic E-state index is 12.1. The van der Waals surface area contributed by atoms with Crippen LogP contribution in [0.15, 0.2) is 47.5 Å². The number of hydrogen-bond donors (Lipinski definition) is 1. The standard InChI is InChI=1S/C17H15Cl2N3O2/c18-13-6-7-14-12(16(13)19)8-22(17(20)21-14)9-15(23)24-10-11-4-2-1-3-5-11/h1-7H,8-10H2,(H2,20,21). The van der Waals surface area contributed by atoms with Gasteiger partial charge < -0.3 is 15.4 Å². The summed E-state index contributed by atoms with van der Waals surface area (Å²) in [5, 5.41) is 0.866. The van der Waals surface area contributed by atoms with E-state index in [2.05, 4.69) is 4.99 Å². The van der Waals surface area contributed by atoms with E-state index >= 15 is 0 Å². The minimum atomic E-state index is -0.390. The third-order valence-corrected chi connectivity index (χ3v) is 4.49. The average molecular weight is 364 g/mol. The molecule has 0 radical (unpaired) electrons. The van der Waals surface area contributed by atoms with Gasteiger partial charge in [0.25, 0.3) is 0 Å². The van der Waals surface area contributed by atoms with Crippen LogP contribution in [-0.4, -0.2) is 23.4 Å². The van der Waals surface area contributed by atoms with E-state index in [-0.39, 0.29) is 19.1 Å². The fourth-order valence-electron chi connectivity index (χ4n) is 2.38. The van der Waals surface area contributed by atoms with Gasteiger partial charge in [0.05, 0.1) is 22.3 Å². The van der Waals surface area contributed by atoms with Crippen LogP contribution in [0.2, 0.25) is 10.0 Å². The molecule has 0 saturated carbocycles. The quantitative estimate of drug-likeness (QED) is 0.844. The van der Waals surface area contributed by atoms with E-state index in [1.807, 2.05) is 30.3 Å². The Morgan fingerprint density at radius 2 is 1.96 bits per heavy atom. The van der Waals surface area contributed by atoms with Crippen molar-refractivity contribution < 1.29 is 9.53 Å². The number of benzene rings is 2. The Morgan fingerprint density at radius 1 is 1.21 bits per heavy atom. The van der Waals surface area contributed by atoms with Gasteiger partial charge in [-0.1, -0.05) is 53.5 Å². The van der Waals surface area contributed by atoms with E-state index in [4.69, 9.17) is 33.7 Å². The molecule has 24 heavy (non-hydrogen) atoms. The first-order chi connectivity index (χ1) is 11.5. The lowest BCUT2D eigenvalue weighted by Gasteiger charge is -2.28. The summed E-state index contributed by atoms with van der Waals surface area (Å²) >= 11 is 12.2. The van der Waals surface area contributed by atoms with Crippen molar-refractivity contribution in [3.63, 3.8) is 0 Å². The number of nitrogens with zero attached hydrogens (tertiary/aromatic N) is 2. The molecule has 0 amide bonds. The third-order valence-electron chi connectivity index (χ3n) is 3.64. The second-order valence-electron chi connectivity index (χ2n) is 5.33. The van der Waals surface area contributed by atoms with Gasteiger partial charge in [0.15, 0.2) is 5.96 Å². The van der Waals surface area contributed by atoms with Crippen molar-refractivity contribution in [2.24, 2.45) is 10.7 Å². The second-order valence-corrected chi connectivity index (χ2v) is 6.12. The molecule has 0 saturated heterocycles. The predicted octanol–water partition coefficient (Wildman–Crippen LogP) is 3.50. The number of esters is 1. The van der Waals surface area contributed by atoms with Crippen LogP contribution in [-0.2, 0) is 22.7 Å². The van der Waals surface area contributed by atoms with E-state index in [1.165, 1.54) is 0 Å². The number of hydrogen-bond acceptors (Lipinski definition) is 5. The predicted molar refractivity (Wildman–Crippen MR) is 94.4 cm³/mol. The largest absolute Gasteiger partial charge is 0.459 e. The normalized spacial score (nSPS) is 13.2. The molecule has 2 aromatic rings. The molecule has 0 spiro atoms. The van der Waals surface area contributed by atoms with Crippen LogP contribution < -0.4 is 5.73 Å². The molecule has 3 rings (SSSR count). The van der Waals surface area contributed by atoms with E-state index in [0.717, 1.165) is 11.1 Å². The Labute approximate surface area is 149 Å². The fourth-order valence-corrected chi connectivity index (χ4v) is 2.78. The molecule has 0 fully saturated rings. The van der Waals surface area contributed by atoms with E-state index in [9.17, 15) is 4.79 Å². The second kappa shape index (κ2) is 7.11. The zero-order valence-corrected chi connectivity index (χ0v) is 14.2. The van der Waals surface area contributed by atoms with Crippen LogP contribution in [0.3, 0.4) is 0 Å². The summed E-state index contributed by atoms with van der Waals surface area (Å²) in [5.41, 5.74) is 8.26. The van der Waals surface area contributed by atoms with Crippen molar-refractivity contribution in [3.05, 3.63) is 63.6 Å². The highest BCUT2D eigenvalue weighted by molar-refractivity contribution is 6.42. The van der Waals surface area contributed by atoms with Gasteiger partial charge in [0, 0.05) is 5.56 Å². The summed E-state index contributed by atoms with van der Waals surface area (Å²) in [7, 11) is 0. The van der Waals surface area contributed by atoms with Gasteiger partial charge in [-0.15, -0.1) is 0 Å². The molecule has 2 aromatic carbocycles. The summed E-state index contributed by atoms with van der Waals surface area (Å²) < 4.78 is 5.27. The maximum Gasteiger partial charge on any atom is 0.325 e. The zero-order chi connectivity index (χ0) is 17.1. The molecular weight excluding hydrogens is 349 g/mol. The van der Waals surface area contributed by atoms with Crippen molar-refractivity contribution in [1.29, 1.82) is 0 Å². The lowest BCUT2D eigenvalue weighted by molar-refractivity contribution is -0.145. The Kier molecular flexibility index (Phi) is 4.92. The smallest absolute Gasteiger partial charge is 0.325 e. The number of fused-ring (bicyclic) bond motifs is 1. The molecule has 0 atom stereocenters. The third kappa shape index (κ3) is 3.63. The van der Waals surface area contributed by atoms with Crippen LogP contribution in [0.4, 0.5) is 5.69 Å². The molecule has 124 valence electrons. The van der Waals surface area contributed by atoms with Gasteiger partial charge in [0.2, 0.25) is 0 Å². The molecular formula is C17H15Cl2N3O2. The van der Waals surface area contributed by atoms with Crippen molar-refractivity contribution in [2.75, 3.05) is 6.54 Å². The number of aliphatic imine (C=N–C) groups is 1. The van der Waals surface area contributed by atoms with Crippen LogP contribution in [0, 0.1) is 0 Å². The lowest BCUT2D eigenvalue weighted by Crippen LogP contribution is -2.42. The van der Waals surface area contributed by atoms with E-state index in [0.29, 0.717) is 22.3 Å². The summed E-state index contributed by atoms with van der Waals surface area (Å²) in [5.74, 6) is -0.142. The highest BCUT2D eigenvalue weighted by Crippen LogP contribution is 2.36. The monoisotopic (exact) mass is 363 g/mol. The Balaban J connectivity index is 1.65. The van der Waals surface area contributed by atoms with Gasteiger partial charge in [-0.25, -0.2) is 4.99 Å². The summed E-state index contributed by atoms with van der Waals surface area (Å²) in [4.78, 5) is 17.9. The average Bonchev–Trinajstić information content (AvgIpc) is 2.59. The minimum absolute atomic E-state index is 0.00948. The van der Waals surface area contributed by atoms with Gasteiger partial charge in [-0.3, -0.25) is 4.79 Å². The fraction of sp³-hybridized carbons (Fsp3) is 0.176. The summed E-state index contributed by atoms with van der Waals surface area (Å²) in [6, 6.07) is 12.9. The van der Waals surface area contributed by atoms with Crippen molar-refractivity contribution in [3.8, 4) is 0 Å². The Bertz CT molecular complexity index is 794. The van der Waals surface area contributed by atoms with Crippen molar-refractivity contribution in [2.45, 2.75) is 13.2 Å². The first-order valence-corrected chi connectivity index (χ1v) is 8.05. The highest BCUT2D eigenvalue weighted by Gasteiger charge is 2.23. The molecule has 0 aliphatic carbocycles. The van der Waals surface area contributed by atoms with Gasteiger partial charge in [0.1, 0.15) is 13.2 Å². The first-order valence-electron chi connectivity index (χ1n) is 7.30. The first kappa shape index (κ1) is 16.6. The molecule has 0 unspecified atom stereocenters. The highest BCUT2D eigenvalue weighted by atomic mass is 35.5. The molecule has 5 nitrogen and oxygen atoms in total. The van der Waals surface area contributed by atoms with Crippen LogP contribution in [0.5, 0.6) is 0 Å². The number of rotatable bonds is 4. The number of carbonyl (C=O) groups excluding carboxylic acids is 1. The van der Waals surface area contributed by atoms with Crippen molar-refractivity contribution >= 4 is 40.8 Å². The minimum Gasteiger partial charge on any atom is -0.459 e. The number of guanidine groups is 1. The van der Waals surface area contributed by atoms with Gasteiger partial charge in [-0.2, -0.15) is 0 Å². The molecule has 0 bridgehead atoms. The van der Waals surface area contributed by atoms with Gasteiger partial charge in [-0.05, 0) is 17.7 Å². The Hall–Kier alpha value is -2.24.